The van der Waals surface area contributed by atoms with Crippen LogP contribution in [0.3, 0.4) is 0 Å². The highest BCUT2D eigenvalue weighted by Gasteiger charge is 2.19. The van der Waals surface area contributed by atoms with E-state index in [0.717, 1.165) is 34.2 Å². The van der Waals surface area contributed by atoms with Crippen molar-refractivity contribution in [1.29, 1.82) is 0 Å². The van der Waals surface area contributed by atoms with E-state index in [1.165, 1.54) is 4.31 Å². The topological polar surface area (TPSA) is 66.5 Å². The van der Waals surface area contributed by atoms with E-state index < -0.39 is 10.0 Å². The van der Waals surface area contributed by atoms with Gasteiger partial charge >= 0.3 is 0 Å². The molecule has 0 spiro atoms. The molecule has 0 saturated carbocycles. The summed E-state index contributed by atoms with van der Waals surface area (Å²) >= 11 is 0. The summed E-state index contributed by atoms with van der Waals surface area (Å²) in [5, 5.41) is 2.90. The van der Waals surface area contributed by atoms with Crippen molar-refractivity contribution < 1.29 is 13.2 Å². The Balaban J connectivity index is 2.15. The smallest absolute Gasteiger partial charge is 0.232 e. The molecule has 0 aliphatic rings. The summed E-state index contributed by atoms with van der Waals surface area (Å²) in [4.78, 5) is 12.4. The van der Waals surface area contributed by atoms with Gasteiger partial charge in [0.2, 0.25) is 15.9 Å². The van der Waals surface area contributed by atoms with Gasteiger partial charge in [0.15, 0.2) is 0 Å². The number of benzene rings is 2. The van der Waals surface area contributed by atoms with Gasteiger partial charge in [-0.05, 0) is 62.1 Å². The average molecular weight is 375 g/mol. The SMILES string of the molecule is Cc1ccc(N(CCC(=O)Nc2c(C)cccc2C)S(C)(=O)=O)cc1C. The van der Waals surface area contributed by atoms with E-state index in [2.05, 4.69) is 5.32 Å². The Bertz CT molecular complexity index is 900. The van der Waals surface area contributed by atoms with Gasteiger partial charge in [-0.3, -0.25) is 9.10 Å². The van der Waals surface area contributed by atoms with Crippen molar-refractivity contribution in [3.8, 4) is 0 Å². The van der Waals surface area contributed by atoms with Gasteiger partial charge in [-0.15, -0.1) is 0 Å². The number of rotatable bonds is 6. The summed E-state index contributed by atoms with van der Waals surface area (Å²) in [6, 6.07) is 11.3. The molecule has 2 aromatic rings. The Morgan fingerprint density at radius 3 is 2.12 bits per heavy atom. The van der Waals surface area contributed by atoms with Crippen molar-refractivity contribution in [3.05, 3.63) is 58.7 Å². The minimum Gasteiger partial charge on any atom is -0.326 e. The number of sulfonamides is 1. The highest BCUT2D eigenvalue weighted by atomic mass is 32.2. The predicted octanol–water partition coefficient (Wildman–Crippen LogP) is 3.72. The number of carbonyl (C=O) groups is 1. The van der Waals surface area contributed by atoms with Crippen LogP contribution in [0.5, 0.6) is 0 Å². The Kier molecular flexibility index (Phi) is 6.08. The maximum atomic E-state index is 12.4. The molecule has 0 aromatic heterocycles. The van der Waals surface area contributed by atoms with Crippen molar-refractivity contribution in [1.82, 2.24) is 0 Å². The number of carbonyl (C=O) groups excluding carboxylic acids is 1. The molecular weight excluding hydrogens is 348 g/mol. The molecule has 0 aliphatic heterocycles. The van der Waals surface area contributed by atoms with Crippen LogP contribution in [0.4, 0.5) is 11.4 Å². The molecule has 0 bridgehead atoms. The predicted molar refractivity (Wildman–Crippen MR) is 107 cm³/mol. The zero-order valence-electron chi connectivity index (χ0n) is 16.0. The molecule has 140 valence electrons. The van der Waals surface area contributed by atoms with E-state index in [4.69, 9.17) is 0 Å². The van der Waals surface area contributed by atoms with E-state index in [1.807, 2.05) is 58.0 Å². The standard InChI is InChI=1S/C20H26N2O3S/c1-14-9-10-18(13-17(14)4)22(26(5,24)25)12-11-19(23)21-20-15(2)7-6-8-16(20)3/h6-10,13H,11-12H2,1-5H3,(H,21,23). The van der Waals surface area contributed by atoms with E-state index in [-0.39, 0.29) is 18.9 Å². The van der Waals surface area contributed by atoms with Gasteiger partial charge in [0.1, 0.15) is 0 Å². The van der Waals surface area contributed by atoms with Gasteiger partial charge in [-0.2, -0.15) is 0 Å². The van der Waals surface area contributed by atoms with Gasteiger partial charge in [-0.25, -0.2) is 8.42 Å². The molecule has 5 nitrogen and oxygen atoms in total. The van der Waals surface area contributed by atoms with Crippen LogP contribution in [0, 0.1) is 27.7 Å². The van der Waals surface area contributed by atoms with E-state index in [9.17, 15) is 13.2 Å². The third-order valence-corrected chi connectivity index (χ3v) is 5.66. The third kappa shape index (κ3) is 4.85. The van der Waals surface area contributed by atoms with Crippen LogP contribution in [0.2, 0.25) is 0 Å². The van der Waals surface area contributed by atoms with Crippen molar-refractivity contribution in [2.75, 3.05) is 22.4 Å². The minimum absolute atomic E-state index is 0.0772. The number of anilines is 2. The lowest BCUT2D eigenvalue weighted by molar-refractivity contribution is -0.116. The van der Waals surface area contributed by atoms with Crippen molar-refractivity contribution >= 4 is 27.3 Å². The lowest BCUT2D eigenvalue weighted by Crippen LogP contribution is -2.33. The van der Waals surface area contributed by atoms with Gasteiger partial charge in [-0.1, -0.05) is 24.3 Å². The van der Waals surface area contributed by atoms with Gasteiger partial charge in [0, 0.05) is 18.7 Å². The normalized spacial score (nSPS) is 11.3. The molecule has 0 heterocycles. The maximum absolute atomic E-state index is 12.4. The second-order valence-electron chi connectivity index (χ2n) is 6.67. The van der Waals surface area contributed by atoms with E-state index in [0.29, 0.717) is 5.69 Å². The molecule has 0 atom stereocenters. The second-order valence-corrected chi connectivity index (χ2v) is 8.58. The van der Waals surface area contributed by atoms with Crippen molar-refractivity contribution in [3.63, 3.8) is 0 Å². The largest absolute Gasteiger partial charge is 0.326 e. The summed E-state index contributed by atoms with van der Waals surface area (Å²) in [7, 11) is -3.48. The van der Waals surface area contributed by atoms with Crippen LogP contribution in [-0.2, 0) is 14.8 Å². The molecule has 6 heteroatoms. The Labute approximate surface area is 156 Å². The number of aryl methyl sites for hydroxylation is 4. The molecule has 0 aliphatic carbocycles. The fraction of sp³-hybridized carbons (Fsp3) is 0.350. The van der Waals surface area contributed by atoms with Gasteiger partial charge in [0.25, 0.3) is 0 Å². The molecular formula is C20H26N2O3S. The van der Waals surface area contributed by atoms with Crippen LogP contribution >= 0.6 is 0 Å². The van der Waals surface area contributed by atoms with Crippen LogP contribution < -0.4 is 9.62 Å². The monoisotopic (exact) mass is 374 g/mol. The van der Waals surface area contributed by atoms with Crippen LogP contribution in [0.25, 0.3) is 0 Å². The first-order valence-corrected chi connectivity index (χ1v) is 10.4. The first kappa shape index (κ1) is 20.0. The summed E-state index contributed by atoms with van der Waals surface area (Å²) in [6.45, 7) is 7.87. The fourth-order valence-electron chi connectivity index (χ4n) is 2.78. The summed E-state index contributed by atoms with van der Waals surface area (Å²) in [5.74, 6) is -0.208. The summed E-state index contributed by atoms with van der Waals surface area (Å²) in [5.41, 5.74) is 5.43. The quantitative estimate of drug-likeness (QED) is 0.838. The molecule has 0 saturated heterocycles. The molecule has 2 rings (SSSR count). The number of amides is 1. The molecule has 0 unspecified atom stereocenters. The van der Waals surface area contributed by atoms with E-state index >= 15 is 0 Å². The first-order chi connectivity index (χ1) is 12.1. The molecule has 0 radical (unpaired) electrons. The number of hydrogen-bond acceptors (Lipinski definition) is 3. The van der Waals surface area contributed by atoms with E-state index in [1.54, 1.807) is 6.07 Å². The number of nitrogens with one attached hydrogen (secondary N) is 1. The molecule has 2 aromatic carbocycles. The van der Waals surface area contributed by atoms with Gasteiger partial charge < -0.3 is 5.32 Å². The van der Waals surface area contributed by atoms with Crippen LogP contribution in [-0.4, -0.2) is 27.1 Å². The lowest BCUT2D eigenvalue weighted by Gasteiger charge is -2.23. The molecule has 1 N–H and O–H groups in total. The Morgan fingerprint density at radius 2 is 1.58 bits per heavy atom. The first-order valence-electron chi connectivity index (χ1n) is 8.50. The Hall–Kier alpha value is -2.34. The minimum atomic E-state index is -3.48. The zero-order chi connectivity index (χ0) is 19.5. The zero-order valence-corrected chi connectivity index (χ0v) is 16.8. The average Bonchev–Trinajstić information content (AvgIpc) is 2.53. The fourth-order valence-corrected chi connectivity index (χ4v) is 3.70. The van der Waals surface area contributed by atoms with Crippen molar-refractivity contribution in [2.45, 2.75) is 34.1 Å². The second kappa shape index (κ2) is 7.91. The molecule has 0 fully saturated rings. The number of para-hydroxylation sites is 1. The molecule has 1 amide bonds. The summed E-state index contributed by atoms with van der Waals surface area (Å²) in [6.07, 6.45) is 1.24. The van der Waals surface area contributed by atoms with Crippen LogP contribution in [0.1, 0.15) is 28.7 Å². The number of hydrogen-bond donors (Lipinski definition) is 1. The highest BCUT2D eigenvalue weighted by Crippen LogP contribution is 2.22. The highest BCUT2D eigenvalue weighted by molar-refractivity contribution is 7.92. The maximum Gasteiger partial charge on any atom is 0.232 e. The Morgan fingerprint density at radius 1 is 0.962 bits per heavy atom. The molecule has 26 heavy (non-hydrogen) atoms. The number of nitrogens with zero attached hydrogens (tertiary/aromatic N) is 1. The van der Waals surface area contributed by atoms with Gasteiger partial charge in [0.05, 0.1) is 11.9 Å². The van der Waals surface area contributed by atoms with Crippen molar-refractivity contribution in [2.24, 2.45) is 0 Å². The third-order valence-electron chi connectivity index (χ3n) is 4.47. The van der Waals surface area contributed by atoms with Crippen LogP contribution in [0.15, 0.2) is 36.4 Å². The summed E-state index contributed by atoms with van der Waals surface area (Å²) < 4.78 is 25.7. The lowest BCUT2D eigenvalue weighted by atomic mass is 10.1.